The highest BCUT2D eigenvalue weighted by molar-refractivity contribution is 5.85. The molecule has 0 bridgehead atoms. The van der Waals surface area contributed by atoms with Crippen LogP contribution in [-0.2, 0) is 9.59 Å². The Kier molecular flexibility index (Phi) is 5.67. The molecular weight excluding hydrogens is 316 g/mol. The normalized spacial score (nSPS) is 14.4. The van der Waals surface area contributed by atoms with E-state index in [1.54, 1.807) is 12.1 Å². The third kappa shape index (κ3) is 5.35. The van der Waals surface area contributed by atoms with Gasteiger partial charge < -0.3 is 15.4 Å². The van der Waals surface area contributed by atoms with Crippen LogP contribution in [0.4, 0.5) is 0 Å². The van der Waals surface area contributed by atoms with Crippen molar-refractivity contribution >= 4 is 11.8 Å². The van der Waals surface area contributed by atoms with E-state index in [9.17, 15) is 9.59 Å². The van der Waals surface area contributed by atoms with Crippen LogP contribution in [0, 0.1) is 5.92 Å². The van der Waals surface area contributed by atoms with Crippen molar-refractivity contribution in [2.75, 3.05) is 13.2 Å². The van der Waals surface area contributed by atoms with E-state index >= 15 is 0 Å². The van der Waals surface area contributed by atoms with Crippen molar-refractivity contribution in [2.24, 2.45) is 5.92 Å². The molecule has 1 saturated carbocycles. The molecule has 25 heavy (non-hydrogen) atoms. The first kappa shape index (κ1) is 17.0. The summed E-state index contributed by atoms with van der Waals surface area (Å²) in [5, 5.41) is 5.62. The summed E-state index contributed by atoms with van der Waals surface area (Å²) in [6, 6.07) is 19.1. The molecule has 5 heteroatoms. The van der Waals surface area contributed by atoms with Gasteiger partial charge in [0, 0.05) is 0 Å². The Morgan fingerprint density at radius 2 is 1.60 bits per heavy atom. The molecule has 1 atom stereocenters. The summed E-state index contributed by atoms with van der Waals surface area (Å²) < 4.78 is 5.35. The minimum absolute atomic E-state index is 0.0196. The molecular formula is C20H22N2O3. The van der Waals surface area contributed by atoms with Gasteiger partial charge in [-0.05, 0) is 36.5 Å². The van der Waals surface area contributed by atoms with Gasteiger partial charge in [-0.15, -0.1) is 0 Å². The number of ether oxygens (including phenoxy) is 1. The highest BCUT2D eigenvalue weighted by Gasteiger charge is 2.33. The lowest BCUT2D eigenvalue weighted by atomic mass is 10.0. The van der Waals surface area contributed by atoms with E-state index in [1.165, 1.54) is 0 Å². The maximum absolute atomic E-state index is 12.2. The molecule has 0 aromatic heterocycles. The Morgan fingerprint density at radius 3 is 2.24 bits per heavy atom. The van der Waals surface area contributed by atoms with Crippen molar-refractivity contribution in [3.8, 4) is 5.75 Å². The second-order valence-electron chi connectivity index (χ2n) is 6.17. The zero-order valence-electron chi connectivity index (χ0n) is 14.0. The number of hydrogen-bond acceptors (Lipinski definition) is 3. The molecule has 2 amide bonds. The van der Waals surface area contributed by atoms with Crippen LogP contribution in [0.25, 0.3) is 0 Å². The molecule has 1 fully saturated rings. The molecule has 3 rings (SSSR count). The highest BCUT2D eigenvalue weighted by atomic mass is 16.5. The van der Waals surface area contributed by atoms with Gasteiger partial charge >= 0.3 is 0 Å². The second-order valence-corrected chi connectivity index (χ2v) is 6.17. The number of hydrogen-bond donors (Lipinski definition) is 2. The summed E-state index contributed by atoms with van der Waals surface area (Å²) in [6.45, 7) is -0.158. The molecule has 0 saturated heterocycles. The monoisotopic (exact) mass is 338 g/mol. The van der Waals surface area contributed by atoms with Crippen molar-refractivity contribution in [1.82, 2.24) is 10.6 Å². The Hall–Kier alpha value is -2.82. The van der Waals surface area contributed by atoms with E-state index < -0.39 is 0 Å². The van der Waals surface area contributed by atoms with Crippen molar-refractivity contribution in [3.05, 3.63) is 66.2 Å². The van der Waals surface area contributed by atoms with Crippen LogP contribution in [0.3, 0.4) is 0 Å². The number of benzene rings is 2. The third-order valence-corrected chi connectivity index (χ3v) is 4.13. The summed E-state index contributed by atoms with van der Waals surface area (Å²) in [7, 11) is 0. The zero-order valence-corrected chi connectivity index (χ0v) is 14.0. The van der Waals surface area contributed by atoms with E-state index in [0.717, 1.165) is 18.4 Å². The lowest BCUT2D eigenvalue weighted by molar-refractivity contribution is -0.127. The van der Waals surface area contributed by atoms with E-state index in [-0.39, 0.29) is 31.0 Å². The van der Waals surface area contributed by atoms with Crippen LogP contribution in [0.15, 0.2) is 60.7 Å². The topological polar surface area (TPSA) is 67.4 Å². The summed E-state index contributed by atoms with van der Waals surface area (Å²) in [4.78, 5) is 24.0. The predicted molar refractivity (Wildman–Crippen MR) is 95.0 cm³/mol. The fourth-order valence-corrected chi connectivity index (χ4v) is 2.68. The highest BCUT2D eigenvalue weighted by Crippen LogP contribution is 2.40. The van der Waals surface area contributed by atoms with Crippen LogP contribution in [0.5, 0.6) is 5.75 Å². The Morgan fingerprint density at radius 1 is 0.960 bits per heavy atom. The van der Waals surface area contributed by atoms with Gasteiger partial charge in [0.15, 0.2) is 6.61 Å². The number of nitrogens with one attached hydrogen (secondary N) is 2. The number of para-hydroxylation sites is 1. The lowest BCUT2D eigenvalue weighted by Gasteiger charge is -2.19. The lowest BCUT2D eigenvalue weighted by Crippen LogP contribution is -2.40. The number of carbonyl (C=O) groups is 2. The first-order valence-corrected chi connectivity index (χ1v) is 8.51. The molecule has 0 heterocycles. The Bertz CT molecular complexity index is 699. The average Bonchev–Trinajstić information content (AvgIpc) is 3.49. The third-order valence-electron chi connectivity index (χ3n) is 4.13. The predicted octanol–water partition coefficient (Wildman–Crippen LogP) is 2.45. The molecule has 2 N–H and O–H groups in total. The van der Waals surface area contributed by atoms with E-state index in [4.69, 9.17) is 4.74 Å². The van der Waals surface area contributed by atoms with Gasteiger partial charge in [-0.1, -0.05) is 48.5 Å². The van der Waals surface area contributed by atoms with Crippen molar-refractivity contribution in [1.29, 1.82) is 0 Å². The number of rotatable bonds is 8. The number of amides is 2. The molecule has 1 aliphatic rings. The van der Waals surface area contributed by atoms with Gasteiger partial charge in [0.1, 0.15) is 5.75 Å². The van der Waals surface area contributed by atoms with Crippen LogP contribution in [0.2, 0.25) is 0 Å². The standard InChI is InChI=1S/C20H22N2O3/c23-18(13-21-19(24)14-25-17-9-5-2-6-10-17)22-20(16-11-12-16)15-7-3-1-4-8-15/h1-10,16,20H,11-14H2,(H,21,24)(H,22,23)/t20-/m0/s1. The molecule has 130 valence electrons. The summed E-state index contributed by atoms with van der Waals surface area (Å²) in [5.41, 5.74) is 1.11. The Labute approximate surface area is 147 Å². The maximum atomic E-state index is 12.2. The molecule has 1 aliphatic carbocycles. The first-order chi connectivity index (χ1) is 12.2. The maximum Gasteiger partial charge on any atom is 0.258 e. The summed E-state index contributed by atoms with van der Waals surface area (Å²) >= 11 is 0. The van der Waals surface area contributed by atoms with E-state index in [1.807, 2.05) is 48.5 Å². The van der Waals surface area contributed by atoms with Gasteiger partial charge in [-0.25, -0.2) is 0 Å². The fourth-order valence-electron chi connectivity index (χ4n) is 2.68. The minimum Gasteiger partial charge on any atom is -0.484 e. The average molecular weight is 338 g/mol. The van der Waals surface area contributed by atoms with Crippen LogP contribution in [-0.4, -0.2) is 25.0 Å². The second kappa shape index (κ2) is 8.33. The molecule has 0 aliphatic heterocycles. The van der Waals surface area contributed by atoms with Gasteiger partial charge in [-0.2, -0.15) is 0 Å². The van der Waals surface area contributed by atoms with Gasteiger partial charge in [0.25, 0.3) is 5.91 Å². The largest absolute Gasteiger partial charge is 0.484 e. The number of carbonyl (C=O) groups excluding carboxylic acids is 2. The summed E-state index contributed by atoms with van der Waals surface area (Å²) in [6.07, 6.45) is 2.24. The molecule has 5 nitrogen and oxygen atoms in total. The first-order valence-electron chi connectivity index (χ1n) is 8.51. The smallest absolute Gasteiger partial charge is 0.258 e. The van der Waals surface area contributed by atoms with Crippen molar-refractivity contribution < 1.29 is 14.3 Å². The minimum atomic E-state index is -0.318. The van der Waals surface area contributed by atoms with Gasteiger partial charge in [-0.3, -0.25) is 9.59 Å². The van der Waals surface area contributed by atoms with Crippen LogP contribution in [0.1, 0.15) is 24.4 Å². The van der Waals surface area contributed by atoms with Gasteiger partial charge in [0.2, 0.25) is 5.91 Å². The quantitative estimate of drug-likeness (QED) is 0.777. The van der Waals surface area contributed by atoms with Crippen LogP contribution < -0.4 is 15.4 Å². The van der Waals surface area contributed by atoms with Gasteiger partial charge in [0.05, 0.1) is 12.6 Å². The molecule has 0 unspecified atom stereocenters. The van der Waals surface area contributed by atoms with Crippen molar-refractivity contribution in [2.45, 2.75) is 18.9 Å². The summed E-state index contributed by atoms with van der Waals surface area (Å²) in [5.74, 6) is 0.610. The molecule has 2 aromatic carbocycles. The molecule has 2 aromatic rings. The molecule has 0 spiro atoms. The van der Waals surface area contributed by atoms with E-state index in [0.29, 0.717) is 11.7 Å². The van der Waals surface area contributed by atoms with Crippen LogP contribution >= 0.6 is 0 Å². The van der Waals surface area contributed by atoms with E-state index in [2.05, 4.69) is 10.6 Å². The zero-order chi connectivity index (χ0) is 17.5. The Balaban J connectivity index is 1.43. The fraction of sp³-hybridized carbons (Fsp3) is 0.300. The molecule has 0 radical (unpaired) electrons. The van der Waals surface area contributed by atoms with Crippen molar-refractivity contribution in [3.63, 3.8) is 0 Å². The SMILES string of the molecule is O=C(COc1ccccc1)NCC(=O)N[C@@H](c1ccccc1)C1CC1.